The van der Waals surface area contributed by atoms with Crippen molar-refractivity contribution < 1.29 is 9.59 Å². The molecule has 0 aliphatic rings. The number of likely N-dealkylation sites (N-methyl/N-ethyl adjacent to an activating group) is 2. The average Bonchev–Trinajstić information content (AvgIpc) is 3.07. The second-order valence-electron chi connectivity index (χ2n) is 6.69. The van der Waals surface area contributed by atoms with Gasteiger partial charge < -0.3 is 5.32 Å². The zero-order valence-corrected chi connectivity index (χ0v) is 17.1. The maximum Gasteiger partial charge on any atom is 0.242 e. The van der Waals surface area contributed by atoms with E-state index in [-0.39, 0.29) is 24.9 Å². The molecule has 2 amide bonds. The van der Waals surface area contributed by atoms with Gasteiger partial charge in [-0.1, -0.05) is 41.2 Å². The summed E-state index contributed by atoms with van der Waals surface area (Å²) in [7, 11) is 1.76. The molecule has 0 aliphatic carbocycles. The van der Waals surface area contributed by atoms with E-state index >= 15 is 0 Å². The number of thiazole rings is 1. The maximum atomic E-state index is 12.8. The zero-order chi connectivity index (χ0) is 20.1. The number of carbonyl (C=O) groups is 2. The lowest BCUT2D eigenvalue weighted by molar-refractivity contribution is -0.121. The van der Waals surface area contributed by atoms with Crippen molar-refractivity contribution in [3.05, 3.63) is 54.1 Å². The molecule has 0 fully saturated rings. The Balaban J connectivity index is 1.58. The Kier molecular flexibility index (Phi) is 6.38. The topological polar surface area (TPSA) is 65.5 Å². The van der Waals surface area contributed by atoms with Gasteiger partial charge in [-0.2, -0.15) is 0 Å². The van der Waals surface area contributed by atoms with Crippen LogP contribution in [-0.4, -0.2) is 48.4 Å². The summed E-state index contributed by atoms with van der Waals surface area (Å²) in [5.41, 5.74) is 2.77. The van der Waals surface area contributed by atoms with Crippen molar-refractivity contribution in [2.75, 3.05) is 36.9 Å². The van der Waals surface area contributed by atoms with Gasteiger partial charge in [0.25, 0.3) is 0 Å². The molecule has 3 rings (SSSR count). The Morgan fingerprint density at radius 2 is 1.79 bits per heavy atom. The first kappa shape index (κ1) is 20.0. The van der Waals surface area contributed by atoms with Gasteiger partial charge in [0.1, 0.15) is 0 Å². The van der Waals surface area contributed by atoms with Gasteiger partial charge in [0.05, 0.1) is 23.3 Å². The third-order valence-corrected chi connectivity index (χ3v) is 5.34. The molecule has 28 heavy (non-hydrogen) atoms. The number of hydrogen-bond donors (Lipinski definition) is 1. The Labute approximate surface area is 168 Å². The van der Waals surface area contributed by atoms with Gasteiger partial charge in [0.2, 0.25) is 11.8 Å². The van der Waals surface area contributed by atoms with Gasteiger partial charge in [0, 0.05) is 12.2 Å². The Bertz CT molecular complexity index is 935. The van der Waals surface area contributed by atoms with Crippen LogP contribution in [0.3, 0.4) is 0 Å². The molecule has 1 heterocycles. The molecule has 0 unspecified atom stereocenters. The van der Waals surface area contributed by atoms with E-state index in [1.807, 2.05) is 62.4 Å². The van der Waals surface area contributed by atoms with E-state index < -0.39 is 0 Å². The molecule has 0 atom stereocenters. The highest BCUT2D eigenvalue weighted by molar-refractivity contribution is 7.22. The lowest BCUT2D eigenvalue weighted by atomic mass is 10.2. The minimum absolute atomic E-state index is 0.0767. The molecule has 146 valence electrons. The fraction of sp³-hybridized carbons (Fsp3) is 0.286. The summed E-state index contributed by atoms with van der Waals surface area (Å²) in [5, 5.41) is 3.54. The first-order chi connectivity index (χ1) is 13.5. The molecular formula is C21H24N4O2S. The molecular weight excluding hydrogens is 372 g/mol. The van der Waals surface area contributed by atoms with Crippen LogP contribution in [0.2, 0.25) is 0 Å². The van der Waals surface area contributed by atoms with Crippen LogP contribution >= 0.6 is 11.3 Å². The van der Waals surface area contributed by atoms with E-state index in [4.69, 9.17) is 0 Å². The molecule has 0 spiro atoms. The highest BCUT2D eigenvalue weighted by Gasteiger charge is 2.20. The molecule has 0 aliphatic heterocycles. The predicted octanol–water partition coefficient (Wildman–Crippen LogP) is 3.53. The number of carbonyl (C=O) groups excluding carboxylic acids is 2. The van der Waals surface area contributed by atoms with E-state index in [0.29, 0.717) is 11.7 Å². The number of nitrogens with zero attached hydrogens (tertiary/aromatic N) is 3. The predicted molar refractivity (Wildman–Crippen MR) is 115 cm³/mol. The van der Waals surface area contributed by atoms with Crippen molar-refractivity contribution in [3.8, 4) is 0 Å². The van der Waals surface area contributed by atoms with Crippen molar-refractivity contribution in [2.45, 2.75) is 13.8 Å². The molecule has 0 saturated carbocycles. The quantitative estimate of drug-likeness (QED) is 0.664. The molecule has 6 nitrogen and oxygen atoms in total. The summed E-state index contributed by atoms with van der Waals surface area (Å²) >= 11 is 1.50. The molecule has 1 aromatic heterocycles. The SMILES string of the molecule is CCN(C(=O)CN(C)CC(=O)Nc1ccc(C)cc1)c1nc2ccccc2s1. The van der Waals surface area contributed by atoms with Crippen LogP contribution in [-0.2, 0) is 9.59 Å². The van der Waals surface area contributed by atoms with Crippen LogP contribution in [0.15, 0.2) is 48.5 Å². The molecule has 7 heteroatoms. The summed E-state index contributed by atoms with van der Waals surface area (Å²) in [5.74, 6) is -0.227. The third-order valence-electron chi connectivity index (χ3n) is 4.28. The summed E-state index contributed by atoms with van der Waals surface area (Å²) in [4.78, 5) is 32.9. The molecule has 3 aromatic rings. The second-order valence-corrected chi connectivity index (χ2v) is 7.70. The van der Waals surface area contributed by atoms with Crippen LogP contribution in [0.25, 0.3) is 10.2 Å². The molecule has 2 aromatic carbocycles. The van der Waals surface area contributed by atoms with Crippen LogP contribution in [0.1, 0.15) is 12.5 Å². The molecule has 1 N–H and O–H groups in total. The van der Waals surface area contributed by atoms with Gasteiger partial charge in [-0.3, -0.25) is 19.4 Å². The fourth-order valence-corrected chi connectivity index (χ4v) is 3.90. The summed E-state index contributed by atoms with van der Waals surface area (Å²) in [6.45, 7) is 4.73. The van der Waals surface area contributed by atoms with Gasteiger partial charge >= 0.3 is 0 Å². The normalized spacial score (nSPS) is 11.0. The second kappa shape index (κ2) is 8.95. The monoisotopic (exact) mass is 396 g/mol. The summed E-state index contributed by atoms with van der Waals surface area (Å²) in [6.07, 6.45) is 0. The van der Waals surface area contributed by atoms with E-state index in [1.165, 1.54) is 11.3 Å². The number of anilines is 2. The largest absolute Gasteiger partial charge is 0.325 e. The number of benzene rings is 2. The number of aryl methyl sites for hydroxylation is 1. The fourth-order valence-electron chi connectivity index (χ4n) is 2.85. The van der Waals surface area contributed by atoms with Crippen molar-refractivity contribution >= 4 is 44.2 Å². The summed E-state index contributed by atoms with van der Waals surface area (Å²) < 4.78 is 1.05. The van der Waals surface area contributed by atoms with Crippen molar-refractivity contribution in [3.63, 3.8) is 0 Å². The van der Waals surface area contributed by atoms with Gasteiger partial charge in [0.15, 0.2) is 5.13 Å². The molecule has 0 saturated heterocycles. The standard InChI is InChI=1S/C21H24N4O2S/c1-4-25(21-23-17-7-5-6-8-18(17)28-21)20(27)14-24(3)13-19(26)22-16-11-9-15(2)10-12-16/h5-12H,4,13-14H2,1-3H3,(H,22,26). The highest BCUT2D eigenvalue weighted by atomic mass is 32.1. The number of para-hydroxylation sites is 1. The average molecular weight is 397 g/mol. The van der Waals surface area contributed by atoms with Crippen LogP contribution in [0, 0.1) is 6.92 Å². The van der Waals surface area contributed by atoms with Crippen LogP contribution in [0.5, 0.6) is 0 Å². The number of aromatic nitrogens is 1. The van der Waals surface area contributed by atoms with E-state index in [2.05, 4.69) is 10.3 Å². The number of nitrogens with one attached hydrogen (secondary N) is 1. The third kappa shape index (κ3) is 4.94. The van der Waals surface area contributed by atoms with Gasteiger partial charge in [-0.15, -0.1) is 0 Å². The first-order valence-corrected chi connectivity index (χ1v) is 9.99. The molecule has 0 bridgehead atoms. The number of fused-ring (bicyclic) bond motifs is 1. The van der Waals surface area contributed by atoms with E-state index in [9.17, 15) is 9.59 Å². The van der Waals surface area contributed by atoms with Gasteiger partial charge in [-0.05, 0) is 45.2 Å². The van der Waals surface area contributed by atoms with Crippen LogP contribution < -0.4 is 10.2 Å². The zero-order valence-electron chi connectivity index (χ0n) is 16.3. The van der Waals surface area contributed by atoms with Crippen molar-refractivity contribution in [1.29, 1.82) is 0 Å². The number of amides is 2. The first-order valence-electron chi connectivity index (χ1n) is 9.17. The lowest BCUT2D eigenvalue weighted by Crippen LogP contribution is -2.41. The number of rotatable bonds is 7. The van der Waals surface area contributed by atoms with Gasteiger partial charge in [-0.25, -0.2) is 4.98 Å². The van der Waals surface area contributed by atoms with E-state index in [0.717, 1.165) is 21.5 Å². The lowest BCUT2D eigenvalue weighted by Gasteiger charge is -2.22. The van der Waals surface area contributed by atoms with Crippen molar-refractivity contribution in [2.24, 2.45) is 0 Å². The Hall–Kier alpha value is -2.77. The molecule has 0 radical (unpaired) electrons. The minimum Gasteiger partial charge on any atom is -0.325 e. The Morgan fingerprint density at radius 1 is 1.07 bits per heavy atom. The van der Waals surface area contributed by atoms with Crippen LogP contribution in [0.4, 0.5) is 10.8 Å². The Morgan fingerprint density at radius 3 is 2.46 bits per heavy atom. The number of hydrogen-bond acceptors (Lipinski definition) is 5. The van der Waals surface area contributed by atoms with E-state index in [1.54, 1.807) is 16.8 Å². The smallest absolute Gasteiger partial charge is 0.242 e. The minimum atomic E-state index is -0.151. The maximum absolute atomic E-state index is 12.8. The summed E-state index contributed by atoms with van der Waals surface area (Å²) in [6, 6.07) is 15.5. The van der Waals surface area contributed by atoms with Crippen molar-refractivity contribution in [1.82, 2.24) is 9.88 Å². The highest BCUT2D eigenvalue weighted by Crippen LogP contribution is 2.28.